The lowest BCUT2D eigenvalue weighted by molar-refractivity contribution is 0.470. The summed E-state index contributed by atoms with van der Waals surface area (Å²) in [5.41, 5.74) is 7.96. The highest BCUT2D eigenvalue weighted by Crippen LogP contribution is 2.31. The van der Waals surface area contributed by atoms with Crippen molar-refractivity contribution in [2.75, 3.05) is 0 Å². The maximum atomic E-state index is 5.99. The summed E-state index contributed by atoms with van der Waals surface area (Å²) in [6.45, 7) is 4.97. The van der Waals surface area contributed by atoms with Crippen LogP contribution in [0, 0.1) is 0 Å². The molecule has 0 spiro atoms. The Kier molecular flexibility index (Phi) is 4.58. The van der Waals surface area contributed by atoms with Gasteiger partial charge in [-0.2, -0.15) is 0 Å². The summed E-state index contributed by atoms with van der Waals surface area (Å²) in [6.07, 6.45) is 1.10. The molecule has 1 atom stereocenters. The van der Waals surface area contributed by atoms with E-state index < -0.39 is 0 Å². The molecule has 2 aromatic carbocycles. The molecule has 0 aliphatic carbocycles. The quantitative estimate of drug-likeness (QED) is 0.856. The van der Waals surface area contributed by atoms with Crippen molar-refractivity contribution < 1.29 is 4.74 Å². The third kappa shape index (κ3) is 3.36. The van der Waals surface area contributed by atoms with Crippen LogP contribution in [0.3, 0.4) is 0 Å². The SMILES string of the molecule is CCC(C)c1ccccc1Oc1ccc(CN)cc1. The largest absolute Gasteiger partial charge is 0.457 e. The van der Waals surface area contributed by atoms with Gasteiger partial charge in [-0.1, -0.05) is 44.2 Å². The summed E-state index contributed by atoms with van der Waals surface area (Å²) in [6, 6.07) is 16.2. The van der Waals surface area contributed by atoms with Crippen molar-refractivity contribution in [2.45, 2.75) is 32.7 Å². The van der Waals surface area contributed by atoms with E-state index in [2.05, 4.69) is 26.0 Å². The molecule has 100 valence electrons. The van der Waals surface area contributed by atoms with Crippen LogP contribution in [0.25, 0.3) is 0 Å². The van der Waals surface area contributed by atoms with E-state index in [0.29, 0.717) is 12.5 Å². The highest BCUT2D eigenvalue weighted by atomic mass is 16.5. The van der Waals surface area contributed by atoms with E-state index in [0.717, 1.165) is 23.5 Å². The molecule has 0 aromatic heterocycles. The van der Waals surface area contributed by atoms with Gasteiger partial charge in [0.05, 0.1) is 0 Å². The van der Waals surface area contributed by atoms with E-state index in [1.54, 1.807) is 0 Å². The van der Waals surface area contributed by atoms with E-state index in [1.165, 1.54) is 5.56 Å². The summed E-state index contributed by atoms with van der Waals surface area (Å²) in [5.74, 6) is 2.30. The molecule has 0 aliphatic heterocycles. The first-order valence-electron chi connectivity index (χ1n) is 6.80. The molecule has 0 saturated carbocycles. The van der Waals surface area contributed by atoms with E-state index in [1.807, 2.05) is 36.4 Å². The Morgan fingerprint density at radius 1 is 1.05 bits per heavy atom. The van der Waals surface area contributed by atoms with Crippen molar-refractivity contribution in [1.82, 2.24) is 0 Å². The molecule has 0 bridgehead atoms. The molecule has 1 unspecified atom stereocenters. The molecular weight excluding hydrogens is 234 g/mol. The van der Waals surface area contributed by atoms with Crippen LogP contribution in [0.15, 0.2) is 48.5 Å². The minimum Gasteiger partial charge on any atom is -0.457 e. The number of para-hydroxylation sites is 1. The molecule has 0 radical (unpaired) electrons. The lowest BCUT2D eigenvalue weighted by Gasteiger charge is -2.15. The van der Waals surface area contributed by atoms with E-state index in [4.69, 9.17) is 10.5 Å². The average Bonchev–Trinajstić information content (AvgIpc) is 2.48. The van der Waals surface area contributed by atoms with Gasteiger partial charge in [0, 0.05) is 6.54 Å². The monoisotopic (exact) mass is 255 g/mol. The van der Waals surface area contributed by atoms with E-state index in [9.17, 15) is 0 Å². The van der Waals surface area contributed by atoms with Gasteiger partial charge in [0.2, 0.25) is 0 Å². The Labute approximate surface area is 115 Å². The predicted molar refractivity (Wildman–Crippen MR) is 79.6 cm³/mol. The molecular formula is C17H21NO. The maximum Gasteiger partial charge on any atom is 0.130 e. The van der Waals surface area contributed by atoms with Gasteiger partial charge in [0.1, 0.15) is 11.5 Å². The molecule has 2 heteroatoms. The van der Waals surface area contributed by atoms with Crippen LogP contribution in [-0.4, -0.2) is 0 Å². The molecule has 2 rings (SSSR count). The lowest BCUT2D eigenvalue weighted by Crippen LogP contribution is -1.97. The lowest BCUT2D eigenvalue weighted by atomic mass is 9.98. The van der Waals surface area contributed by atoms with Gasteiger partial charge in [-0.05, 0) is 41.7 Å². The maximum absolute atomic E-state index is 5.99. The van der Waals surface area contributed by atoms with Crippen molar-refractivity contribution in [3.05, 3.63) is 59.7 Å². The van der Waals surface area contributed by atoms with Gasteiger partial charge in [0.15, 0.2) is 0 Å². The average molecular weight is 255 g/mol. The standard InChI is InChI=1S/C17H21NO/c1-3-13(2)16-6-4-5-7-17(16)19-15-10-8-14(12-18)9-11-15/h4-11,13H,3,12,18H2,1-2H3. The van der Waals surface area contributed by atoms with Crippen molar-refractivity contribution >= 4 is 0 Å². The molecule has 0 aliphatic rings. The van der Waals surface area contributed by atoms with Crippen molar-refractivity contribution in [1.29, 1.82) is 0 Å². The Morgan fingerprint density at radius 2 is 1.74 bits per heavy atom. The summed E-state index contributed by atoms with van der Waals surface area (Å²) in [5, 5.41) is 0. The molecule has 0 heterocycles. The van der Waals surface area contributed by atoms with Gasteiger partial charge in [-0.3, -0.25) is 0 Å². The number of rotatable bonds is 5. The van der Waals surface area contributed by atoms with Gasteiger partial charge >= 0.3 is 0 Å². The minimum absolute atomic E-state index is 0.500. The Balaban J connectivity index is 2.22. The summed E-state index contributed by atoms with van der Waals surface area (Å²) in [7, 11) is 0. The zero-order valence-electron chi connectivity index (χ0n) is 11.6. The second kappa shape index (κ2) is 6.39. The fraction of sp³-hybridized carbons (Fsp3) is 0.294. The van der Waals surface area contributed by atoms with Crippen LogP contribution in [0.2, 0.25) is 0 Å². The van der Waals surface area contributed by atoms with Crippen molar-refractivity contribution in [2.24, 2.45) is 5.73 Å². The van der Waals surface area contributed by atoms with Crippen LogP contribution in [-0.2, 0) is 6.54 Å². The molecule has 0 saturated heterocycles. The smallest absolute Gasteiger partial charge is 0.130 e. The Morgan fingerprint density at radius 3 is 2.37 bits per heavy atom. The normalized spacial score (nSPS) is 12.2. The number of benzene rings is 2. The fourth-order valence-corrected chi connectivity index (χ4v) is 2.02. The molecule has 2 N–H and O–H groups in total. The predicted octanol–water partition coefficient (Wildman–Crippen LogP) is 4.45. The Bertz CT molecular complexity index is 519. The highest BCUT2D eigenvalue weighted by Gasteiger charge is 2.10. The number of ether oxygens (including phenoxy) is 1. The van der Waals surface area contributed by atoms with Gasteiger partial charge in [0.25, 0.3) is 0 Å². The minimum atomic E-state index is 0.500. The van der Waals surface area contributed by atoms with Gasteiger partial charge in [-0.25, -0.2) is 0 Å². The third-order valence-electron chi connectivity index (χ3n) is 3.45. The zero-order chi connectivity index (χ0) is 13.7. The van der Waals surface area contributed by atoms with Gasteiger partial charge < -0.3 is 10.5 Å². The van der Waals surface area contributed by atoms with Crippen LogP contribution in [0.1, 0.15) is 37.3 Å². The van der Waals surface area contributed by atoms with Crippen molar-refractivity contribution in [3.8, 4) is 11.5 Å². The van der Waals surface area contributed by atoms with Gasteiger partial charge in [-0.15, -0.1) is 0 Å². The summed E-state index contributed by atoms with van der Waals surface area (Å²) >= 11 is 0. The second-order valence-electron chi connectivity index (χ2n) is 4.80. The van der Waals surface area contributed by atoms with Crippen LogP contribution >= 0.6 is 0 Å². The van der Waals surface area contributed by atoms with Crippen molar-refractivity contribution in [3.63, 3.8) is 0 Å². The second-order valence-corrected chi connectivity index (χ2v) is 4.80. The highest BCUT2D eigenvalue weighted by molar-refractivity contribution is 5.40. The molecule has 0 amide bonds. The van der Waals surface area contributed by atoms with Crippen LogP contribution in [0.5, 0.6) is 11.5 Å². The van der Waals surface area contributed by atoms with Crippen LogP contribution in [0.4, 0.5) is 0 Å². The number of hydrogen-bond donors (Lipinski definition) is 1. The zero-order valence-corrected chi connectivity index (χ0v) is 11.6. The molecule has 19 heavy (non-hydrogen) atoms. The first kappa shape index (κ1) is 13.6. The molecule has 2 aromatic rings. The Hall–Kier alpha value is -1.80. The van der Waals surface area contributed by atoms with E-state index >= 15 is 0 Å². The third-order valence-corrected chi connectivity index (χ3v) is 3.45. The number of nitrogens with two attached hydrogens (primary N) is 1. The topological polar surface area (TPSA) is 35.2 Å². The van der Waals surface area contributed by atoms with E-state index in [-0.39, 0.29) is 0 Å². The first-order chi connectivity index (χ1) is 9.24. The number of hydrogen-bond acceptors (Lipinski definition) is 2. The summed E-state index contributed by atoms with van der Waals surface area (Å²) in [4.78, 5) is 0. The fourth-order valence-electron chi connectivity index (χ4n) is 2.02. The summed E-state index contributed by atoms with van der Waals surface area (Å²) < 4.78 is 5.99. The van der Waals surface area contributed by atoms with Crippen LogP contribution < -0.4 is 10.5 Å². The molecule has 2 nitrogen and oxygen atoms in total. The molecule has 0 fully saturated rings. The first-order valence-corrected chi connectivity index (χ1v) is 6.80.